The molecule has 0 spiro atoms. The van der Waals surface area contributed by atoms with Gasteiger partial charge in [-0.3, -0.25) is 9.59 Å². The molecule has 2 aromatic heterocycles. The third kappa shape index (κ3) is 4.71. The molecule has 168 valence electrons. The second kappa shape index (κ2) is 8.79. The molecule has 0 unspecified atom stereocenters. The average Bonchev–Trinajstić information content (AvgIpc) is 3.15. The Labute approximate surface area is 190 Å². The highest BCUT2D eigenvalue weighted by molar-refractivity contribution is 6.32. The van der Waals surface area contributed by atoms with Gasteiger partial charge in [0.25, 0.3) is 11.8 Å². The first-order valence-corrected chi connectivity index (χ1v) is 9.77. The van der Waals surface area contributed by atoms with E-state index in [-0.39, 0.29) is 27.1 Å². The van der Waals surface area contributed by atoms with E-state index < -0.39 is 29.4 Å². The minimum Gasteiger partial charge on any atom is -0.345 e. The van der Waals surface area contributed by atoms with Crippen molar-refractivity contribution in [1.29, 1.82) is 0 Å². The van der Waals surface area contributed by atoms with E-state index >= 15 is 0 Å². The summed E-state index contributed by atoms with van der Waals surface area (Å²) in [5.74, 6) is -1.57. The van der Waals surface area contributed by atoms with Crippen molar-refractivity contribution in [2.75, 3.05) is 19.4 Å². The van der Waals surface area contributed by atoms with E-state index in [1.807, 2.05) is 0 Å². The minimum atomic E-state index is -4.82. The summed E-state index contributed by atoms with van der Waals surface area (Å²) in [6, 6.07) is 6.34. The lowest BCUT2D eigenvalue weighted by molar-refractivity contribution is -0.141. The number of nitrogens with one attached hydrogen (secondary N) is 1. The van der Waals surface area contributed by atoms with Crippen molar-refractivity contribution in [2.45, 2.75) is 13.1 Å². The number of benzene rings is 1. The van der Waals surface area contributed by atoms with E-state index in [9.17, 15) is 22.8 Å². The topological polar surface area (TPSA) is 80.1 Å². The number of aromatic nitrogens is 3. The lowest BCUT2D eigenvalue weighted by atomic mass is 10.1. The zero-order chi connectivity index (χ0) is 23.8. The predicted octanol–water partition coefficient (Wildman–Crippen LogP) is 4.86. The Morgan fingerprint density at radius 1 is 1.16 bits per heavy atom. The number of hydrogen-bond donors (Lipinski definition) is 1. The van der Waals surface area contributed by atoms with Gasteiger partial charge in [0, 0.05) is 31.4 Å². The van der Waals surface area contributed by atoms with Crippen LogP contribution in [0.3, 0.4) is 0 Å². The van der Waals surface area contributed by atoms with Gasteiger partial charge < -0.3 is 10.2 Å². The normalized spacial score (nSPS) is 11.4. The van der Waals surface area contributed by atoms with E-state index in [0.717, 1.165) is 0 Å². The maximum atomic E-state index is 13.3. The first kappa shape index (κ1) is 23.6. The quantitative estimate of drug-likeness (QED) is 0.572. The van der Waals surface area contributed by atoms with Crippen molar-refractivity contribution in [3.63, 3.8) is 0 Å². The van der Waals surface area contributed by atoms with Crippen LogP contribution in [-0.2, 0) is 6.18 Å². The van der Waals surface area contributed by atoms with Gasteiger partial charge in [-0.2, -0.15) is 18.3 Å². The summed E-state index contributed by atoms with van der Waals surface area (Å²) >= 11 is 12.1. The zero-order valence-electron chi connectivity index (χ0n) is 17.0. The van der Waals surface area contributed by atoms with Gasteiger partial charge in [-0.1, -0.05) is 23.2 Å². The smallest absolute Gasteiger partial charge is 0.345 e. The molecule has 2 amide bonds. The summed E-state index contributed by atoms with van der Waals surface area (Å²) < 4.78 is 40.7. The van der Waals surface area contributed by atoms with Crippen molar-refractivity contribution in [3.8, 4) is 5.82 Å². The lowest BCUT2D eigenvalue weighted by Crippen LogP contribution is -2.25. The molecule has 0 saturated carbocycles. The molecule has 0 aliphatic heterocycles. The molecule has 1 aromatic carbocycles. The Morgan fingerprint density at radius 2 is 1.84 bits per heavy atom. The van der Waals surface area contributed by atoms with Crippen molar-refractivity contribution in [3.05, 3.63) is 69.1 Å². The van der Waals surface area contributed by atoms with Crippen LogP contribution in [0.4, 0.5) is 18.9 Å². The summed E-state index contributed by atoms with van der Waals surface area (Å²) in [7, 11) is 3.02. The van der Waals surface area contributed by atoms with E-state index in [1.165, 1.54) is 49.5 Å². The van der Waals surface area contributed by atoms with Crippen LogP contribution in [0, 0.1) is 6.92 Å². The van der Waals surface area contributed by atoms with Crippen LogP contribution in [-0.4, -0.2) is 45.6 Å². The third-order valence-electron chi connectivity index (χ3n) is 4.35. The van der Waals surface area contributed by atoms with Crippen LogP contribution in [0.5, 0.6) is 0 Å². The highest BCUT2D eigenvalue weighted by Gasteiger charge is 2.37. The van der Waals surface area contributed by atoms with E-state index in [0.29, 0.717) is 16.3 Å². The Morgan fingerprint density at radius 3 is 2.44 bits per heavy atom. The number of carbonyl (C=O) groups is 2. The molecule has 0 fully saturated rings. The fraction of sp³-hybridized carbons (Fsp3) is 0.200. The highest BCUT2D eigenvalue weighted by atomic mass is 35.5. The summed E-state index contributed by atoms with van der Waals surface area (Å²) in [6.45, 7) is 1.60. The van der Waals surface area contributed by atoms with E-state index in [1.54, 1.807) is 6.92 Å². The van der Waals surface area contributed by atoms with Gasteiger partial charge >= 0.3 is 6.18 Å². The van der Waals surface area contributed by atoms with Crippen LogP contribution in [0.25, 0.3) is 5.82 Å². The fourth-order valence-corrected chi connectivity index (χ4v) is 3.35. The maximum Gasteiger partial charge on any atom is 0.435 e. The Bertz CT molecular complexity index is 1210. The monoisotopic (exact) mass is 485 g/mol. The largest absolute Gasteiger partial charge is 0.435 e. The number of hydrogen-bond acceptors (Lipinski definition) is 4. The summed E-state index contributed by atoms with van der Waals surface area (Å²) in [4.78, 5) is 30.9. The van der Waals surface area contributed by atoms with Gasteiger partial charge in [-0.25, -0.2) is 9.67 Å². The van der Waals surface area contributed by atoms with Crippen LogP contribution in [0.1, 0.15) is 32.1 Å². The summed E-state index contributed by atoms with van der Waals surface area (Å²) in [5, 5.41) is 6.24. The lowest BCUT2D eigenvalue weighted by Gasteiger charge is -2.17. The standard InChI is InChI=1S/C20H16Cl2F3N5O2/c1-10-7-11(21)8-12(19(32)29(2)3)16(10)27-18(31)14-9-15(20(23,24)25)28-30(14)17-13(22)5-4-6-26-17/h4-9H,1-3H3,(H,27,31). The number of pyridine rings is 1. The predicted molar refractivity (Wildman–Crippen MR) is 114 cm³/mol. The number of anilines is 1. The first-order valence-electron chi connectivity index (χ1n) is 9.01. The van der Waals surface area contributed by atoms with E-state index in [2.05, 4.69) is 15.4 Å². The Balaban J connectivity index is 2.13. The van der Waals surface area contributed by atoms with Gasteiger partial charge in [0.2, 0.25) is 0 Å². The molecule has 3 aromatic rings. The van der Waals surface area contributed by atoms with Gasteiger partial charge in [0.05, 0.1) is 16.3 Å². The summed E-state index contributed by atoms with van der Waals surface area (Å²) in [5.41, 5.74) is -1.16. The van der Waals surface area contributed by atoms with Crippen molar-refractivity contribution >= 4 is 40.7 Å². The second-order valence-electron chi connectivity index (χ2n) is 6.93. The number of amides is 2. The Hall–Kier alpha value is -3.11. The molecule has 12 heteroatoms. The molecule has 0 aliphatic rings. The minimum absolute atomic E-state index is 0.00970. The van der Waals surface area contributed by atoms with Crippen molar-refractivity contribution in [2.24, 2.45) is 0 Å². The third-order valence-corrected chi connectivity index (χ3v) is 4.86. The average molecular weight is 486 g/mol. The van der Waals surface area contributed by atoms with Gasteiger partial charge in [-0.05, 0) is 36.8 Å². The van der Waals surface area contributed by atoms with Gasteiger partial charge in [0.15, 0.2) is 11.5 Å². The molecule has 32 heavy (non-hydrogen) atoms. The maximum absolute atomic E-state index is 13.3. The number of aryl methyl sites for hydroxylation is 1. The van der Waals surface area contributed by atoms with Gasteiger partial charge in [-0.15, -0.1) is 0 Å². The van der Waals surface area contributed by atoms with Crippen molar-refractivity contribution < 1.29 is 22.8 Å². The number of halogens is 5. The number of nitrogens with zero attached hydrogens (tertiary/aromatic N) is 4. The van der Waals surface area contributed by atoms with Crippen LogP contribution >= 0.6 is 23.2 Å². The fourth-order valence-electron chi connectivity index (χ4n) is 2.87. The molecule has 0 radical (unpaired) electrons. The van der Waals surface area contributed by atoms with Crippen molar-refractivity contribution in [1.82, 2.24) is 19.7 Å². The number of rotatable bonds is 4. The molecular weight excluding hydrogens is 470 g/mol. The SMILES string of the molecule is Cc1cc(Cl)cc(C(=O)N(C)C)c1NC(=O)c1cc(C(F)(F)F)nn1-c1ncccc1Cl. The molecule has 3 rings (SSSR count). The molecule has 1 N–H and O–H groups in total. The van der Waals surface area contributed by atoms with Crippen LogP contribution in [0.2, 0.25) is 10.0 Å². The molecule has 0 bridgehead atoms. The molecule has 0 aliphatic carbocycles. The number of carbonyl (C=O) groups excluding carboxylic acids is 2. The molecule has 0 saturated heterocycles. The van der Waals surface area contributed by atoms with E-state index in [4.69, 9.17) is 23.2 Å². The Kier molecular flexibility index (Phi) is 6.47. The molecule has 2 heterocycles. The number of alkyl halides is 3. The first-order chi connectivity index (χ1) is 14.9. The molecule has 0 atom stereocenters. The molecular formula is C20H16Cl2F3N5O2. The second-order valence-corrected chi connectivity index (χ2v) is 7.78. The summed E-state index contributed by atoms with van der Waals surface area (Å²) in [6.07, 6.45) is -3.52. The van der Waals surface area contributed by atoms with Crippen LogP contribution in [0.15, 0.2) is 36.5 Å². The van der Waals surface area contributed by atoms with Crippen LogP contribution < -0.4 is 5.32 Å². The molecule has 7 nitrogen and oxygen atoms in total. The van der Waals surface area contributed by atoms with Gasteiger partial charge in [0.1, 0.15) is 5.69 Å². The zero-order valence-corrected chi connectivity index (χ0v) is 18.5. The highest BCUT2D eigenvalue weighted by Crippen LogP contribution is 2.32.